The molecule has 2 heterocycles. The summed E-state index contributed by atoms with van der Waals surface area (Å²) in [6.45, 7) is 1.45. The highest BCUT2D eigenvalue weighted by Crippen LogP contribution is 2.13. The summed E-state index contributed by atoms with van der Waals surface area (Å²) >= 11 is 0. The average molecular weight is 196 g/mol. The quantitative estimate of drug-likeness (QED) is 0.775. The van der Waals surface area contributed by atoms with Gasteiger partial charge in [0, 0.05) is 12.8 Å². The molecule has 1 aromatic heterocycles. The Balaban J connectivity index is 1.98. The minimum atomic E-state index is -0.941. The number of nitrogens with zero attached hydrogens (tertiary/aromatic N) is 2. The molecule has 1 atom stereocenters. The van der Waals surface area contributed by atoms with Crippen LogP contribution in [0.4, 0.5) is 0 Å². The van der Waals surface area contributed by atoms with Crippen molar-refractivity contribution >= 4 is 5.97 Å². The van der Waals surface area contributed by atoms with Gasteiger partial charge in [-0.1, -0.05) is 0 Å². The van der Waals surface area contributed by atoms with Crippen molar-refractivity contribution in [1.29, 1.82) is 0 Å². The molecule has 1 aliphatic heterocycles. The summed E-state index contributed by atoms with van der Waals surface area (Å²) in [5.74, 6) is -0.941. The second kappa shape index (κ2) is 3.79. The summed E-state index contributed by atoms with van der Waals surface area (Å²) in [5, 5.41) is 12.6. The first-order valence-corrected chi connectivity index (χ1v) is 4.63. The van der Waals surface area contributed by atoms with Crippen LogP contribution in [0.3, 0.4) is 0 Å². The Kier molecular flexibility index (Phi) is 2.49. The minimum Gasteiger partial charge on any atom is -0.478 e. The van der Waals surface area contributed by atoms with Crippen LogP contribution in [-0.2, 0) is 11.3 Å². The molecule has 1 N–H and O–H groups in total. The molecule has 5 heteroatoms. The van der Waals surface area contributed by atoms with Crippen molar-refractivity contribution < 1.29 is 14.6 Å². The molecular formula is C9H12N2O3. The Morgan fingerprint density at radius 1 is 1.79 bits per heavy atom. The van der Waals surface area contributed by atoms with Gasteiger partial charge in [0.25, 0.3) is 0 Å². The third kappa shape index (κ3) is 1.93. The lowest BCUT2D eigenvalue weighted by atomic mass is 10.2. The van der Waals surface area contributed by atoms with Gasteiger partial charge in [0.1, 0.15) is 0 Å². The zero-order valence-electron chi connectivity index (χ0n) is 7.72. The first-order valence-electron chi connectivity index (χ1n) is 4.63. The molecule has 1 saturated heterocycles. The normalized spacial score (nSPS) is 21.3. The van der Waals surface area contributed by atoms with Crippen molar-refractivity contribution in [3.05, 3.63) is 18.0 Å². The molecule has 2 rings (SSSR count). The number of hydrogen-bond acceptors (Lipinski definition) is 3. The number of aromatic carboxylic acids is 1. The third-order valence-electron chi connectivity index (χ3n) is 2.29. The number of carbonyl (C=O) groups is 1. The number of rotatable bonds is 3. The molecule has 0 spiro atoms. The Hall–Kier alpha value is -1.36. The predicted molar refractivity (Wildman–Crippen MR) is 48.2 cm³/mol. The van der Waals surface area contributed by atoms with Gasteiger partial charge in [0.05, 0.1) is 24.4 Å². The molecule has 0 aromatic carbocycles. The zero-order chi connectivity index (χ0) is 9.97. The molecule has 0 radical (unpaired) electrons. The van der Waals surface area contributed by atoms with Gasteiger partial charge in [0.15, 0.2) is 0 Å². The fourth-order valence-corrected chi connectivity index (χ4v) is 1.57. The first-order chi connectivity index (χ1) is 6.75. The maximum Gasteiger partial charge on any atom is 0.338 e. The average Bonchev–Trinajstić information content (AvgIpc) is 2.75. The summed E-state index contributed by atoms with van der Waals surface area (Å²) in [7, 11) is 0. The third-order valence-corrected chi connectivity index (χ3v) is 2.29. The molecule has 5 nitrogen and oxygen atoms in total. The van der Waals surface area contributed by atoms with Crippen LogP contribution in [0.2, 0.25) is 0 Å². The van der Waals surface area contributed by atoms with E-state index in [1.807, 2.05) is 0 Å². The maximum absolute atomic E-state index is 10.6. The standard InChI is InChI=1S/C9H12N2O3/c12-9(13)7-4-10-11(5-7)6-8-2-1-3-14-8/h4-5,8H,1-3,6H2,(H,12,13). The van der Waals surface area contributed by atoms with E-state index >= 15 is 0 Å². The molecule has 14 heavy (non-hydrogen) atoms. The number of carboxylic acid groups (broad SMARTS) is 1. The van der Waals surface area contributed by atoms with Gasteiger partial charge in [-0.2, -0.15) is 5.10 Å². The van der Waals surface area contributed by atoms with E-state index in [-0.39, 0.29) is 11.7 Å². The highest BCUT2D eigenvalue weighted by molar-refractivity contribution is 5.86. The van der Waals surface area contributed by atoms with Crippen LogP contribution in [0.5, 0.6) is 0 Å². The van der Waals surface area contributed by atoms with Crippen molar-refractivity contribution in [1.82, 2.24) is 9.78 Å². The van der Waals surface area contributed by atoms with Crippen LogP contribution in [0.15, 0.2) is 12.4 Å². The summed E-state index contributed by atoms with van der Waals surface area (Å²) < 4.78 is 7.04. The van der Waals surface area contributed by atoms with Crippen LogP contribution >= 0.6 is 0 Å². The monoisotopic (exact) mass is 196 g/mol. The van der Waals surface area contributed by atoms with E-state index < -0.39 is 5.97 Å². The molecule has 0 amide bonds. The highest BCUT2D eigenvalue weighted by atomic mass is 16.5. The highest BCUT2D eigenvalue weighted by Gasteiger charge is 2.16. The van der Waals surface area contributed by atoms with Gasteiger partial charge >= 0.3 is 5.97 Å². The van der Waals surface area contributed by atoms with E-state index in [2.05, 4.69) is 5.10 Å². The molecule has 0 bridgehead atoms. The molecule has 76 valence electrons. The Morgan fingerprint density at radius 2 is 2.64 bits per heavy atom. The summed E-state index contributed by atoms with van der Waals surface area (Å²) in [6.07, 6.45) is 5.19. The Bertz CT molecular complexity index is 329. The largest absolute Gasteiger partial charge is 0.478 e. The predicted octanol–water partition coefficient (Wildman–Crippen LogP) is 0.760. The minimum absolute atomic E-state index is 0.191. The van der Waals surface area contributed by atoms with E-state index in [1.165, 1.54) is 12.4 Å². The molecule has 1 fully saturated rings. The number of carboxylic acids is 1. The number of hydrogen-bond donors (Lipinski definition) is 1. The van der Waals surface area contributed by atoms with E-state index in [1.54, 1.807) is 4.68 Å². The topological polar surface area (TPSA) is 64.3 Å². The van der Waals surface area contributed by atoms with Crippen molar-refractivity contribution in [3.8, 4) is 0 Å². The van der Waals surface area contributed by atoms with E-state index in [0.717, 1.165) is 19.4 Å². The second-order valence-electron chi connectivity index (χ2n) is 3.39. The maximum atomic E-state index is 10.6. The molecule has 1 aliphatic rings. The SMILES string of the molecule is O=C(O)c1cnn(CC2CCCO2)c1. The number of ether oxygens (including phenoxy) is 1. The summed E-state index contributed by atoms with van der Waals surface area (Å²) in [5.41, 5.74) is 0.225. The van der Waals surface area contributed by atoms with E-state index in [9.17, 15) is 4.79 Å². The lowest BCUT2D eigenvalue weighted by Gasteiger charge is -2.08. The fraction of sp³-hybridized carbons (Fsp3) is 0.556. The number of aromatic nitrogens is 2. The van der Waals surface area contributed by atoms with Gasteiger partial charge in [-0.25, -0.2) is 4.79 Å². The van der Waals surface area contributed by atoms with E-state index in [0.29, 0.717) is 6.54 Å². The van der Waals surface area contributed by atoms with Gasteiger partial charge in [0.2, 0.25) is 0 Å². The first kappa shape index (κ1) is 9.21. The smallest absolute Gasteiger partial charge is 0.338 e. The lowest BCUT2D eigenvalue weighted by molar-refractivity contribution is 0.0695. The van der Waals surface area contributed by atoms with Crippen molar-refractivity contribution in [2.45, 2.75) is 25.5 Å². The molecule has 0 aliphatic carbocycles. The lowest BCUT2D eigenvalue weighted by Crippen LogP contribution is -2.15. The van der Waals surface area contributed by atoms with Crippen LogP contribution in [0, 0.1) is 0 Å². The van der Waals surface area contributed by atoms with Crippen molar-refractivity contribution in [3.63, 3.8) is 0 Å². The molecular weight excluding hydrogens is 184 g/mol. The van der Waals surface area contributed by atoms with Gasteiger partial charge in [-0.05, 0) is 12.8 Å². The fourth-order valence-electron chi connectivity index (χ4n) is 1.57. The molecule has 0 saturated carbocycles. The van der Waals surface area contributed by atoms with Gasteiger partial charge in [-0.15, -0.1) is 0 Å². The molecule has 1 aromatic rings. The van der Waals surface area contributed by atoms with Crippen LogP contribution in [0.1, 0.15) is 23.2 Å². The van der Waals surface area contributed by atoms with Crippen LogP contribution in [-0.4, -0.2) is 33.6 Å². The van der Waals surface area contributed by atoms with Crippen LogP contribution in [0.25, 0.3) is 0 Å². The van der Waals surface area contributed by atoms with Crippen molar-refractivity contribution in [2.75, 3.05) is 6.61 Å². The van der Waals surface area contributed by atoms with Crippen LogP contribution < -0.4 is 0 Å². The Morgan fingerprint density at radius 3 is 3.21 bits per heavy atom. The van der Waals surface area contributed by atoms with Gasteiger partial charge < -0.3 is 9.84 Å². The second-order valence-corrected chi connectivity index (χ2v) is 3.39. The van der Waals surface area contributed by atoms with E-state index in [4.69, 9.17) is 9.84 Å². The van der Waals surface area contributed by atoms with Gasteiger partial charge in [-0.3, -0.25) is 4.68 Å². The molecule has 1 unspecified atom stereocenters. The summed E-state index contributed by atoms with van der Waals surface area (Å²) in [4.78, 5) is 10.6. The summed E-state index contributed by atoms with van der Waals surface area (Å²) in [6, 6.07) is 0. The zero-order valence-corrected chi connectivity index (χ0v) is 7.72. The Labute approximate surface area is 81.3 Å². The van der Waals surface area contributed by atoms with Crippen molar-refractivity contribution in [2.24, 2.45) is 0 Å².